The van der Waals surface area contributed by atoms with Gasteiger partial charge in [-0.2, -0.15) is 18.7 Å². The number of nitrogens with zero attached hydrogens (tertiary/aromatic N) is 7. The van der Waals surface area contributed by atoms with Crippen molar-refractivity contribution in [2.45, 2.75) is 52.1 Å². The van der Waals surface area contributed by atoms with Gasteiger partial charge in [0, 0.05) is 19.5 Å². The van der Waals surface area contributed by atoms with Crippen molar-refractivity contribution in [1.29, 1.82) is 0 Å². The molecule has 0 saturated carbocycles. The average Bonchev–Trinajstić information content (AvgIpc) is 3.47. The third-order valence-corrected chi connectivity index (χ3v) is 5.31. The number of aromatic nitrogens is 8. The van der Waals surface area contributed by atoms with Crippen LogP contribution < -0.4 is 11.2 Å². The number of imidazole rings is 1. The van der Waals surface area contributed by atoms with Crippen molar-refractivity contribution in [3.63, 3.8) is 0 Å². The molecule has 0 aliphatic heterocycles. The predicted molar refractivity (Wildman–Crippen MR) is 111 cm³/mol. The number of unbranched alkanes of at least 4 members (excludes halogenated alkanes) is 2. The fourth-order valence-corrected chi connectivity index (χ4v) is 3.71. The highest BCUT2D eigenvalue weighted by molar-refractivity contribution is 6.99. The Hall–Kier alpha value is -2.86. The van der Waals surface area contributed by atoms with Crippen molar-refractivity contribution < 1.29 is 4.52 Å². The maximum absolute atomic E-state index is 12.9. The lowest BCUT2D eigenvalue weighted by Crippen LogP contribution is -2.40. The molecule has 4 aromatic rings. The maximum Gasteiger partial charge on any atom is 0.332 e. The van der Waals surface area contributed by atoms with Gasteiger partial charge in [-0.15, -0.1) is 0 Å². The van der Waals surface area contributed by atoms with E-state index in [1.807, 2.05) is 6.92 Å². The summed E-state index contributed by atoms with van der Waals surface area (Å²) >= 11 is 7.01. The summed E-state index contributed by atoms with van der Waals surface area (Å²) in [4.78, 5) is 36.8. The molecule has 4 rings (SSSR count). The van der Waals surface area contributed by atoms with Crippen LogP contribution >= 0.6 is 23.3 Å². The van der Waals surface area contributed by atoms with Crippen molar-refractivity contribution in [3.8, 4) is 11.6 Å². The Labute approximate surface area is 179 Å². The first-order valence-electron chi connectivity index (χ1n) is 9.58. The largest absolute Gasteiger partial charge is 0.332 e. The zero-order valence-corrected chi connectivity index (χ0v) is 17.7. The van der Waals surface area contributed by atoms with Crippen molar-refractivity contribution in [2.24, 2.45) is 0 Å². The Morgan fingerprint density at radius 3 is 2.77 bits per heavy atom. The van der Waals surface area contributed by atoms with Crippen LogP contribution in [-0.2, 0) is 19.5 Å². The molecule has 4 heterocycles. The molecule has 0 saturated heterocycles. The molecule has 1 N–H and O–H groups in total. The molecule has 13 heteroatoms. The van der Waals surface area contributed by atoms with Crippen LogP contribution in [0.15, 0.2) is 20.3 Å². The van der Waals surface area contributed by atoms with E-state index in [1.165, 1.54) is 9.13 Å². The van der Waals surface area contributed by atoms with Gasteiger partial charge in [-0.25, -0.2) is 4.79 Å². The van der Waals surface area contributed by atoms with Crippen LogP contribution in [-0.4, -0.2) is 38.0 Å². The normalized spacial score (nSPS) is 11.5. The predicted octanol–water partition coefficient (Wildman–Crippen LogP) is 2.26. The fourth-order valence-electron chi connectivity index (χ4n) is 3.12. The first kappa shape index (κ1) is 20.4. The number of H-pyrrole nitrogens is 1. The van der Waals surface area contributed by atoms with Crippen LogP contribution in [0.25, 0.3) is 22.7 Å². The van der Waals surface area contributed by atoms with Crippen LogP contribution in [0, 0.1) is 0 Å². The summed E-state index contributed by atoms with van der Waals surface area (Å²) < 4.78 is 15.9. The van der Waals surface area contributed by atoms with E-state index in [-0.39, 0.29) is 23.0 Å². The molecule has 158 valence electrons. The van der Waals surface area contributed by atoms with Crippen LogP contribution in [0.1, 0.15) is 38.4 Å². The third kappa shape index (κ3) is 4.05. The van der Waals surface area contributed by atoms with Gasteiger partial charge in [0.15, 0.2) is 22.7 Å². The maximum atomic E-state index is 12.9. The molecule has 0 atom stereocenters. The van der Waals surface area contributed by atoms with E-state index in [0.717, 1.165) is 24.6 Å². The second kappa shape index (κ2) is 8.88. The summed E-state index contributed by atoms with van der Waals surface area (Å²) in [5.41, 5.74) is 0.303. The second-order valence-electron chi connectivity index (χ2n) is 6.74. The van der Waals surface area contributed by atoms with E-state index in [2.05, 4.69) is 28.9 Å². The number of aromatic amines is 1. The van der Waals surface area contributed by atoms with E-state index in [9.17, 15) is 9.59 Å². The molecule has 11 nitrogen and oxygen atoms in total. The first-order chi connectivity index (χ1) is 14.6. The average molecular weight is 451 g/mol. The van der Waals surface area contributed by atoms with Crippen molar-refractivity contribution in [2.75, 3.05) is 0 Å². The summed E-state index contributed by atoms with van der Waals surface area (Å²) in [5, 5.41) is 4.02. The minimum Gasteiger partial charge on any atom is -0.332 e. The topological polar surface area (TPSA) is 137 Å². The molecule has 0 aliphatic carbocycles. The summed E-state index contributed by atoms with van der Waals surface area (Å²) in [5.74, 6) is 0.872. The fraction of sp³-hybridized carbons (Fsp3) is 0.471. The molecule has 0 amide bonds. The zero-order chi connectivity index (χ0) is 21.1. The Morgan fingerprint density at radius 2 is 2.00 bits per heavy atom. The van der Waals surface area contributed by atoms with Gasteiger partial charge in [-0.3, -0.25) is 13.9 Å². The van der Waals surface area contributed by atoms with E-state index in [1.54, 1.807) is 6.20 Å². The van der Waals surface area contributed by atoms with Crippen LogP contribution in [0.2, 0.25) is 5.28 Å². The smallest absolute Gasteiger partial charge is 0.332 e. The third-order valence-electron chi connectivity index (χ3n) is 4.65. The highest BCUT2D eigenvalue weighted by atomic mass is 35.5. The summed E-state index contributed by atoms with van der Waals surface area (Å²) in [7, 11) is 0. The number of aryl methyl sites for hydroxylation is 2. The van der Waals surface area contributed by atoms with Gasteiger partial charge in [-0.05, 0) is 30.9 Å². The lowest BCUT2D eigenvalue weighted by atomic mass is 10.2. The Bertz CT molecular complexity index is 1260. The molecule has 0 radical (unpaired) electrons. The van der Waals surface area contributed by atoms with E-state index >= 15 is 0 Å². The number of rotatable bonds is 9. The van der Waals surface area contributed by atoms with Gasteiger partial charge in [-0.1, -0.05) is 18.5 Å². The molecule has 30 heavy (non-hydrogen) atoms. The number of hydrogen-bond donors (Lipinski definition) is 1. The molecular formula is C17H19ClN8O3S. The van der Waals surface area contributed by atoms with Gasteiger partial charge in [0.05, 0.1) is 17.9 Å². The monoisotopic (exact) mass is 450 g/mol. The van der Waals surface area contributed by atoms with Crippen LogP contribution in [0.3, 0.4) is 0 Å². The highest BCUT2D eigenvalue weighted by Gasteiger charge is 2.17. The molecule has 4 aromatic heterocycles. The molecule has 0 aromatic carbocycles. The van der Waals surface area contributed by atoms with Gasteiger partial charge in [0.25, 0.3) is 11.4 Å². The number of hydrogen-bond acceptors (Lipinski definition) is 9. The Kier molecular flexibility index (Phi) is 6.04. The van der Waals surface area contributed by atoms with Crippen molar-refractivity contribution in [3.05, 3.63) is 38.1 Å². The minimum atomic E-state index is -0.417. The summed E-state index contributed by atoms with van der Waals surface area (Å²) in [6.07, 6.45) is 5.10. The van der Waals surface area contributed by atoms with Gasteiger partial charge in [0.2, 0.25) is 5.28 Å². The van der Waals surface area contributed by atoms with E-state index in [4.69, 9.17) is 16.1 Å². The Balaban J connectivity index is 1.47. The van der Waals surface area contributed by atoms with Crippen LogP contribution in [0.5, 0.6) is 0 Å². The lowest BCUT2D eigenvalue weighted by Gasteiger charge is -2.10. The standard InChI is InChI=1S/C17H19ClN8O3S/c1-2-3-7-25-13-12(21-16(18)22-13)15(27)26(17(25)28)8-5-4-6-11-20-14(29-23-11)10-9-19-30-24-10/h9H,2-8H2,1H3,(H,21,22). The molecule has 0 aliphatic rings. The Morgan fingerprint density at radius 1 is 1.17 bits per heavy atom. The van der Waals surface area contributed by atoms with Gasteiger partial charge in [0.1, 0.15) is 0 Å². The highest BCUT2D eigenvalue weighted by Crippen LogP contribution is 2.15. The lowest BCUT2D eigenvalue weighted by molar-refractivity contribution is 0.419. The first-order valence-corrected chi connectivity index (χ1v) is 10.7. The summed E-state index contributed by atoms with van der Waals surface area (Å²) in [6, 6.07) is 0. The van der Waals surface area contributed by atoms with Gasteiger partial charge >= 0.3 is 5.69 Å². The van der Waals surface area contributed by atoms with Crippen molar-refractivity contribution in [1.82, 2.24) is 38.0 Å². The molecule has 0 bridgehead atoms. The minimum absolute atomic E-state index is 0.0905. The summed E-state index contributed by atoms with van der Waals surface area (Å²) in [6.45, 7) is 2.78. The van der Waals surface area contributed by atoms with Crippen LogP contribution in [0.4, 0.5) is 0 Å². The van der Waals surface area contributed by atoms with Crippen molar-refractivity contribution >= 4 is 34.5 Å². The number of nitrogens with one attached hydrogen (secondary N) is 1. The van der Waals surface area contributed by atoms with E-state index < -0.39 is 5.56 Å². The van der Waals surface area contributed by atoms with Gasteiger partial charge < -0.3 is 9.51 Å². The number of halogens is 1. The molecular weight excluding hydrogens is 432 g/mol. The quantitative estimate of drug-likeness (QED) is 0.302. The molecule has 0 spiro atoms. The second-order valence-corrected chi connectivity index (χ2v) is 7.65. The molecule has 0 fully saturated rings. The molecule has 0 unspecified atom stereocenters. The zero-order valence-electron chi connectivity index (χ0n) is 16.2. The van der Waals surface area contributed by atoms with E-state index in [0.29, 0.717) is 48.9 Å². The number of fused-ring (bicyclic) bond motifs is 1. The SMILES string of the molecule is CCCCn1c(=O)n(CCCCc2noc(-c3cnsn3)n2)c(=O)c2[nH]c(Cl)nc21.